The minimum absolute atomic E-state index is 0.384. The van der Waals surface area contributed by atoms with Gasteiger partial charge in [0.2, 0.25) is 13.6 Å². The van der Waals surface area contributed by atoms with E-state index in [4.69, 9.17) is 38.3 Å². The summed E-state index contributed by atoms with van der Waals surface area (Å²) in [6.45, 7) is 6.33. The lowest BCUT2D eigenvalue weighted by Crippen LogP contribution is -2.51. The average molecular weight is 686 g/mol. The molecule has 2 rings (SSSR count). The SMILES string of the molecule is CC(C)OC(=O)OCOP(=O)(OCOC(=O)OC(C)C)OC[C@@]1(CF)O[C@@H](n2ccc(=O)[nH]c2=O)[C@@H](C)[C@@H]1OC(=O)C(N)C(C)C. The lowest BCUT2D eigenvalue weighted by Gasteiger charge is -2.33. The molecule has 3 N–H and O–H groups in total. The van der Waals surface area contributed by atoms with Crippen molar-refractivity contribution < 1.29 is 65.3 Å². The molecule has 1 aromatic heterocycles. The Hall–Kier alpha value is -3.35. The third-order valence-electron chi connectivity index (χ3n) is 6.29. The number of ether oxygens (including phenoxy) is 6. The highest BCUT2D eigenvalue weighted by Crippen LogP contribution is 2.52. The molecule has 20 heteroatoms. The number of alkyl halides is 1. The van der Waals surface area contributed by atoms with Crippen molar-refractivity contribution in [1.82, 2.24) is 9.55 Å². The van der Waals surface area contributed by atoms with E-state index in [9.17, 15) is 28.5 Å². The van der Waals surface area contributed by atoms with Crippen molar-refractivity contribution in [3.05, 3.63) is 33.1 Å². The van der Waals surface area contributed by atoms with Gasteiger partial charge in [0.1, 0.15) is 25.0 Å². The highest BCUT2D eigenvalue weighted by molar-refractivity contribution is 7.48. The molecule has 1 aliphatic heterocycles. The second-order valence-corrected chi connectivity index (χ2v) is 12.7. The number of carbonyl (C=O) groups excluding carboxylic acids is 3. The number of halogens is 1. The maximum atomic E-state index is 15.1. The first kappa shape index (κ1) is 38.8. The van der Waals surface area contributed by atoms with Crippen molar-refractivity contribution in [1.29, 1.82) is 0 Å². The Morgan fingerprint density at radius 1 is 1.02 bits per heavy atom. The monoisotopic (exact) mass is 685 g/mol. The van der Waals surface area contributed by atoms with Crippen LogP contribution in [0.4, 0.5) is 14.0 Å². The second-order valence-electron chi connectivity index (χ2n) is 11.0. The predicted molar refractivity (Wildman–Crippen MR) is 153 cm³/mol. The van der Waals surface area contributed by atoms with E-state index in [1.807, 2.05) is 4.98 Å². The average Bonchev–Trinajstić information content (AvgIpc) is 3.21. The van der Waals surface area contributed by atoms with Crippen molar-refractivity contribution >= 4 is 26.1 Å². The Labute approximate surface area is 263 Å². The molecule has 0 saturated carbocycles. The number of carbonyl (C=O) groups is 3. The highest BCUT2D eigenvalue weighted by atomic mass is 31.2. The maximum Gasteiger partial charge on any atom is 0.510 e. The van der Waals surface area contributed by atoms with E-state index >= 15 is 4.39 Å². The lowest BCUT2D eigenvalue weighted by atomic mass is 9.91. The van der Waals surface area contributed by atoms with Crippen molar-refractivity contribution in [3.8, 4) is 0 Å². The van der Waals surface area contributed by atoms with Crippen molar-refractivity contribution in [2.24, 2.45) is 17.6 Å². The molecule has 18 nitrogen and oxygen atoms in total. The van der Waals surface area contributed by atoms with Crippen molar-refractivity contribution in [2.75, 3.05) is 26.9 Å². The Morgan fingerprint density at radius 3 is 2.02 bits per heavy atom. The van der Waals surface area contributed by atoms with Gasteiger partial charge in [-0.15, -0.1) is 0 Å². The van der Waals surface area contributed by atoms with Gasteiger partial charge in [-0.1, -0.05) is 20.8 Å². The largest absolute Gasteiger partial charge is 0.510 e. The molecule has 0 radical (unpaired) electrons. The van der Waals surface area contributed by atoms with E-state index in [0.29, 0.717) is 0 Å². The molecule has 0 aliphatic carbocycles. The predicted octanol–water partition coefficient (Wildman–Crippen LogP) is 2.50. The number of nitrogens with two attached hydrogens (primary N) is 1. The zero-order valence-electron chi connectivity index (χ0n) is 26.5. The number of phosphoric ester groups is 1. The normalized spacial score (nSPS) is 22.1. The molecule has 46 heavy (non-hydrogen) atoms. The second kappa shape index (κ2) is 17.0. The fourth-order valence-corrected chi connectivity index (χ4v) is 4.93. The van der Waals surface area contributed by atoms with Crippen LogP contribution in [-0.4, -0.2) is 84.7 Å². The fraction of sp³-hybridized carbons (Fsp3) is 0.731. The van der Waals surface area contributed by atoms with Crippen LogP contribution in [0.5, 0.6) is 0 Å². The summed E-state index contributed by atoms with van der Waals surface area (Å²) in [6, 6.07) is -0.118. The number of H-pyrrole nitrogens is 1. The molecule has 0 spiro atoms. The van der Waals surface area contributed by atoms with E-state index in [-0.39, 0.29) is 5.92 Å². The van der Waals surface area contributed by atoms with Gasteiger partial charge in [-0.05, 0) is 33.6 Å². The van der Waals surface area contributed by atoms with Gasteiger partial charge in [-0.3, -0.25) is 23.7 Å². The van der Waals surface area contributed by atoms with Crippen LogP contribution in [0.25, 0.3) is 0 Å². The Balaban J connectivity index is 2.40. The molecule has 1 aromatic rings. The number of rotatable bonds is 16. The first-order valence-electron chi connectivity index (χ1n) is 14.2. The molecular weight excluding hydrogens is 644 g/mol. The molecular formula is C26H41FN3O15P. The van der Waals surface area contributed by atoms with E-state index in [0.717, 1.165) is 16.8 Å². The summed E-state index contributed by atoms with van der Waals surface area (Å²) in [4.78, 5) is 62.7. The van der Waals surface area contributed by atoms with E-state index in [1.165, 1.54) is 34.6 Å². The number of aromatic nitrogens is 2. The molecule has 1 saturated heterocycles. The van der Waals surface area contributed by atoms with Gasteiger partial charge in [-0.25, -0.2) is 32.4 Å². The molecule has 1 unspecified atom stereocenters. The highest BCUT2D eigenvalue weighted by Gasteiger charge is 2.58. The van der Waals surface area contributed by atoms with Crippen LogP contribution in [0.2, 0.25) is 0 Å². The Bertz CT molecular complexity index is 1320. The van der Waals surface area contributed by atoms with Gasteiger partial charge in [0.05, 0.1) is 18.8 Å². The molecule has 0 bridgehead atoms. The van der Waals surface area contributed by atoms with Gasteiger partial charge in [0, 0.05) is 18.2 Å². The van der Waals surface area contributed by atoms with Gasteiger partial charge >= 0.3 is 31.8 Å². The van der Waals surface area contributed by atoms with Crippen molar-refractivity contribution in [2.45, 2.75) is 84.6 Å². The van der Waals surface area contributed by atoms with Gasteiger partial charge in [-0.2, -0.15) is 0 Å². The third kappa shape index (κ3) is 10.9. The number of nitrogens with zero attached hydrogens (tertiary/aromatic N) is 1. The Kier molecular flexibility index (Phi) is 14.3. The molecule has 262 valence electrons. The molecule has 0 aromatic carbocycles. The van der Waals surface area contributed by atoms with Crippen LogP contribution in [0, 0.1) is 11.8 Å². The van der Waals surface area contributed by atoms with Gasteiger partial charge in [0.25, 0.3) is 5.56 Å². The number of esters is 1. The number of hydrogen-bond acceptors (Lipinski definition) is 16. The van der Waals surface area contributed by atoms with Crippen LogP contribution in [0.3, 0.4) is 0 Å². The van der Waals surface area contributed by atoms with Gasteiger partial charge in [0.15, 0.2) is 5.60 Å². The standard InChI is InChI=1S/C26H41FN3O15P/c1-14(2)19(28)22(32)44-20-17(7)21(30-9-8-18(31)29-23(30)33)45-26(20,10-27)11-39-46(36,40-12-37-24(34)42-15(3)4)41-13-38-25(35)43-16(5)6/h8-9,14-17,19-21H,10-13,28H2,1-7H3,(H,29,31,33)/t17-,19?,20-,21+,26+/m0/s1. The number of nitrogens with one attached hydrogen (secondary N) is 1. The smallest absolute Gasteiger partial charge is 0.457 e. The summed E-state index contributed by atoms with van der Waals surface area (Å²) in [7, 11) is -4.92. The van der Waals surface area contributed by atoms with E-state index in [1.54, 1.807) is 13.8 Å². The molecule has 0 amide bonds. The fourth-order valence-electron chi connectivity index (χ4n) is 3.97. The quantitative estimate of drug-likeness (QED) is 0.110. The van der Waals surface area contributed by atoms with Crippen LogP contribution in [0.15, 0.2) is 21.9 Å². The third-order valence-corrected chi connectivity index (χ3v) is 7.58. The molecule has 2 heterocycles. The minimum Gasteiger partial charge on any atom is -0.457 e. The summed E-state index contributed by atoms with van der Waals surface area (Å²) in [5.41, 5.74) is 2.03. The van der Waals surface area contributed by atoms with Crippen LogP contribution >= 0.6 is 7.82 Å². The molecule has 1 fully saturated rings. The number of aromatic amines is 1. The van der Waals surface area contributed by atoms with Crippen molar-refractivity contribution in [3.63, 3.8) is 0 Å². The van der Waals surface area contributed by atoms with Crippen LogP contribution in [-0.2, 0) is 51.4 Å². The summed E-state index contributed by atoms with van der Waals surface area (Å²) in [5.74, 6) is -2.31. The first-order valence-corrected chi connectivity index (χ1v) is 15.6. The van der Waals surface area contributed by atoms with E-state index < -0.39 is 106 Å². The Morgan fingerprint density at radius 2 is 1.57 bits per heavy atom. The van der Waals surface area contributed by atoms with Crippen LogP contribution < -0.4 is 17.0 Å². The topological polar surface area (TPSA) is 232 Å². The number of hydrogen-bond donors (Lipinski definition) is 2. The first-order chi connectivity index (χ1) is 21.4. The summed E-state index contributed by atoms with van der Waals surface area (Å²) >= 11 is 0. The maximum absolute atomic E-state index is 15.1. The summed E-state index contributed by atoms with van der Waals surface area (Å²) in [6.07, 6.45) is -5.31. The zero-order valence-corrected chi connectivity index (χ0v) is 27.4. The number of phosphoric acid groups is 1. The minimum atomic E-state index is -4.92. The zero-order chi connectivity index (χ0) is 34.8. The molecule has 5 atom stereocenters. The van der Waals surface area contributed by atoms with E-state index in [2.05, 4.69) is 9.47 Å². The summed E-state index contributed by atoms with van der Waals surface area (Å²) in [5, 5.41) is 0. The van der Waals surface area contributed by atoms with Gasteiger partial charge < -0.3 is 34.2 Å². The van der Waals surface area contributed by atoms with Crippen LogP contribution in [0.1, 0.15) is 54.7 Å². The lowest BCUT2D eigenvalue weighted by molar-refractivity contribution is -0.174. The molecule has 1 aliphatic rings. The summed E-state index contributed by atoms with van der Waals surface area (Å²) < 4.78 is 75.4.